The molecule has 0 aromatic carbocycles. The van der Waals surface area contributed by atoms with Gasteiger partial charge in [0.05, 0.1) is 40.7 Å². The molecule has 1 saturated heterocycles. The summed E-state index contributed by atoms with van der Waals surface area (Å²) >= 11 is 7.05. The minimum absolute atomic E-state index is 0.156. The van der Waals surface area contributed by atoms with Gasteiger partial charge in [0.25, 0.3) is 5.91 Å². The van der Waals surface area contributed by atoms with Gasteiger partial charge in [-0.15, -0.1) is 11.3 Å². The van der Waals surface area contributed by atoms with Crippen molar-refractivity contribution >= 4 is 40.8 Å². The highest BCUT2D eigenvalue weighted by molar-refractivity contribution is 7.18. The fraction of sp³-hybridized carbons (Fsp3) is 0.500. The quantitative estimate of drug-likeness (QED) is 0.388. The van der Waals surface area contributed by atoms with Gasteiger partial charge in [-0.05, 0) is 37.8 Å². The van der Waals surface area contributed by atoms with E-state index in [1.807, 2.05) is 0 Å². The van der Waals surface area contributed by atoms with E-state index in [-0.39, 0.29) is 19.0 Å². The van der Waals surface area contributed by atoms with Gasteiger partial charge in [-0.2, -0.15) is 0 Å². The molecular formula is C22H26ClN3O7S. The Morgan fingerprint density at radius 3 is 2.79 bits per heavy atom. The molecule has 1 atom stereocenters. The van der Waals surface area contributed by atoms with Gasteiger partial charge >= 0.3 is 6.09 Å². The molecule has 10 nitrogen and oxygen atoms in total. The van der Waals surface area contributed by atoms with Crippen LogP contribution in [0.15, 0.2) is 35.4 Å². The number of cyclic esters (lactones) is 1. The van der Waals surface area contributed by atoms with Crippen molar-refractivity contribution in [2.45, 2.75) is 37.9 Å². The Morgan fingerprint density at radius 1 is 1.26 bits per heavy atom. The molecule has 3 aliphatic rings. The fourth-order valence-corrected chi connectivity index (χ4v) is 4.54. The van der Waals surface area contributed by atoms with E-state index in [0.717, 1.165) is 12.8 Å². The van der Waals surface area contributed by atoms with Crippen LogP contribution in [0.3, 0.4) is 0 Å². The molecule has 3 N–H and O–H groups in total. The van der Waals surface area contributed by atoms with Gasteiger partial charge in [-0.3, -0.25) is 14.5 Å². The number of aliphatic hydroxyl groups is 1. The van der Waals surface area contributed by atoms with E-state index < -0.39 is 24.7 Å². The minimum atomic E-state index is -0.622. The van der Waals surface area contributed by atoms with Crippen LogP contribution in [-0.2, 0) is 19.0 Å². The lowest BCUT2D eigenvalue weighted by Gasteiger charge is -2.25. The third-order valence-electron chi connectivity index (χ3n) is 5.37. The first-order chi connectivity index (χ1) is 16.4. The van der Waals surface area contributed by atoms with Crippen molar-refractivity contribution in [1.29, 1.82) is 0 Å². The Labute approximate surface area is 205 Å². The minimum Gasteiger partial charge on any atom is -0.489 e. The van der Waals surface area contributed by atoms with Crippen LogP contribution in [0.1, 0.15) is 35.4 Å². The second kappa shape index (κ2) is 11.2. The van der Waals surface area contributed by atoms with Gasteiger partial charge in [0.2, 0.25) is 5.91 Å². The van der Waals surface area contributed by atoms with Gasteiger partial charge in [0.15, 0.2) is 0 Å². The first-order valence-electron chi connectivity index (χ1n) is 11.0. The van der Waals surface area contributed by atoms with Gasteiger partial charge in [-0.1, -0.05) is 11.6 Å². The topological polar surface area (TPSA) is 126 Å². The number of aliphatic hydroxyl groups excluding tert-OH is 1. The number of hydrogen-bond acceptors (Lipinski definition) is 8. The number of halogens is 1. The number of carbonyl (C=O) groups is 3. The van der Waals surface area contributed by atoms with E-state index in [1.54, 1.807) is 18.2 Å². The predicted molar refractivity (Wildman–Crippen MR) is 123 cm³/mol. The highest BCUT2D eigenvalue weighted by Crippen LogP contribution is 2.30. The monoisotopic (exact) mass is 511 g/mol. The molecule has 2 heterocycles. The maximum atomic E-state index is 12.6. The Bertz CT molecular complexity index is 1000. The normalized spacial score (nSPS) is 20.2. The van der Waals surface area contributed by atoms with Crippen LogP contribution in [0.4, 0.5) is 4.79 Å². The van der Waals surface area contributed by atoms with Crippen LogP contribution in [0.2, 0.25) is 4.34 Å². The summed E-state index contributed by atoms with van der Waals surface area (Å²) in [5, 5.41) is 14.4. The number of nitrogens with zero attached hydrogens (tertiary/aromatic N) is 1. The number of thiophene rings is 1. The summed E-state index contributed by atoms with van der Waals surface area (Å²) in [6.45, 7) is 0.487. The summed E-state index contributed by atoms with van der Waals surface area (Å²) in [6.07, 6.45) is 3.90. The molecule has 1 unspecified atom stereocenters. The van der Waals surface area contributed by atoms with Crippen LogP contribution in [0, 0.1) is 0 Å². The molecule has 0 bridgehead atoms. The summed E-state index contributed by atoms with van der Waals surface area (Å²) in [5.41, 5.74) is 1.23. The van der Waals surface area contributed by atoms with Gasteiger partial charge < -0.3 is 30.0 Å². The second-order valence-electron chi connectivity index (χ2n) is 8.04. The summed E-state index contributed by atoms with van der Waals surface area (Å²) in [5.74, 6) is -0.363. The Hall–Kier alpha value is -2.60. The molecular weight excluding hydrogens is 486 g/mol. The lowest BCUT2D eigenvalue weighted by molar-refractivity contribution is -0.123. The highest BCUT2D eigenvalue weighted by atomic mass is 35.5. The maximum Gasteiger partial charge on any atom is 0.414 e. The summed E-state index contributed by atoms with van der Waals surface area (Å²) in [4.78, 5) is 38.4. The van der Waals surface area contributed by atoms with Gasteiger partial charge in [0, 0.05) is 11.8 Å². The molecule has 184 valence electrons. The number of rotatable bonds is 11. The lowest BCUT2D eigenvalue weighted by atomic mass is 10.0. The second-order valence-corrected chi connectivity index (χ2v) is 9.75. The maximum absolute atomic E-state index is 12.6. The van der Waals surface area contributed by atoms with Gasteiger partial charge in [-0.25, -0.2) is 4.79 Å². The van der Waals surface area contributed by atoms with Crippen LogP contribution in [0.5, 0.6) is 0 Å². The third-order valence-corrected chi connectivity index (χ3v) is 6.60. The first kappa shape index (κ1) is 24.5. The zero-order valence-electron chi connectivity index (χ0n) is 18.4. The van der Waals surface area contributed by atoms with E-state index >= 15 is 0 Å². The molecule has 1 aromatic heterocycles. The van der Waals surface area contributed by atoms with Crippen LogP contribution >= 0.6 is 22.9 Å². The van der Waals surface area contributed by atoms with Crippen molar-refractivity contribution in [3.8, 4) is 0 Å². The highest BCUT2D eigenvalue weighted by Gasteiger charge is 2.36. The molecule has 2 fully saturated rings. The zero-order valence-corrected chi connectivity index (χ0v) is 20.0. The Morgan fingerprint density at radius 2 is 2.09 bits per heavy atom. The first-order valence-corrected chi connectivity index (χ1v) is 12.2. The molecule has 2 aliphatic carbocycles. The van der Waals surface area contributed by atoms with E-state index in [9.17, 15) is 14.4 Å². The van der Waals surface area contributed by atoms with Crippen LogP contribution in [0.25, 0.3) is 0 Å². The summed E-state index contributed by atoms with van der Waals surface area (Å²) < 4.78 is 17.5. The molecule has 1 saturated carbocycles. The number of allylic oxidation sites excluding steroid dienone is 3. The molecule has 3 amide bonds. The Kier molecular flexibility index (Phi) is 8.09. The predicted octanol–water partition coefficient (Wildman–Crippen LogP) is 2.15. The van der Waals surface area contributed by atoms with Crippen molar-refractivity contribution in [3.63, 3.8) is 0 Å². The average molecular weight is 512 g/mol. The average Bonchev–Trinajstić information content (AvgIpc) is 3.43. The van der Waals surface area contributed by atoms with E-state index in [0.29, 0.717) is 58.5 Å². The van der Waals surface area contributed by atoms with Gasteiger partial charge in [0.1, 0.15) is 25.1 Å². The molecule has 1 aromatic rings. The van der Waals surface area contributed by atoms with Crippen molar-refractivity contribution in [2.75, 3.05) is 32.9 Å². The molecule has 12 heteroatoms. The van der Waals surface area contributed by atoms with Crippen molar-refractivity contribution in [3.05, 3.63) is 44.6 Å². The SMILES string of the molecule is O=C(CO)NC1=CC(OCCOC2CC2)=C(N2CC(CNC(=O)c3ccc(Cl)s3)OC2=O)CC1. The van der Waals surface area contributed by atoms with Crippen LogP contribution in [-0.4, -0.2) is 73.0 Å². The standard InChI is InChI=1S/C22H26ClN3O7S/c23-19-6-5-18(34-19)21(29)24-10-15-11-26(22(30)33-15)16-4-1-13(25-20(28)12-27)9-17(16)32-8-7-31-14-2-3-14/h5-6,9,14-15,27H,1-4,7-8,10-12H2,(H,24,29)(H,25,28). The van der Waals surface area contributed by atoms with E-state index in [4.69, 9.17) is 30.9 Å². The third kappa shape index (κ3) is 6.50. The number of carbonyl (C=O) groups excluding carboxylic acids is 3. The van der Waals surface area contributed by atoms with Crippen molar-refractivity contribution in [1.82, 2.24) is 15.5 Å². The number of amides is 3. The van der Waals surface area contributed by atoms with Crippen molar-refractivity contribution in [2.24, 2.45) is 0 Å². The largest absolute Gasteiger partial charge is 0.489 e. The molecule has 0 radical (unpaired) electrons. The molecule has 1 aliphatic heterocycles. The number of ether oxygens (including phenoxy) is 3. The molecule has 0 spiro atoms. The lowest BCUT2D eigenvalue weighted by Crippen LogP contribution is -2.35. The van der Waals surface area contributed by atoms with E-state index in [2.05, 4.69) is 10.6 Å². The molecule has 34 heavy (non-hydrogen) atoms. The Balaban J connectivity index is 1.40. The zero-order chi connectivity index (χ0) is 24.1. The molecule has 4 rings (SSSR count). The van der Waals surface area contributed by atoms with Crippen LogP contribution < -0.4 is 10.6 Å². The van der Waals surface area contributed by atoms with E-state index in [1.165, 1.54) is 16.2 Å². The smallest absolute Gasteiger partial charge is 0.414 e. The summed E-state index contributed by atoms with van der Waals surface area (Å²) in [7, 11) is 0. The number of nitrogens with one attached hydrogen (secondary N) is 2. The number of hydrogen-bond donors (Lipinski definition) is 3. The van der Waals surface area contributed by atoms with Crippen molar-refractivity contribution < 1.29 is 33.7 Å². The fourth-order valence-electron chi connectivity index (χ4n) is 3.58. The summed E-state index contributed by atoms with van der Waals surface area (Å²) in [6, 6.07) is 3.29.